The van der Waals surface area contributed by atoms with E-state index in [9.17, 15) is 4.79 Å². The smallest absolute Gasteiger partial charge is 0.219 e. The molecule has 1 saturated heterocycles. The summed E-state index contributed by atoms with van der Waals surface area (Å²) < 4.78 is 0. The molecule has 1 rings (SSSR count). The minimum atomic E-state index is 0.0969. The van der Waals surface area contributed by atoms with Crippen LogP contribution in [0.5, 0.6) is 0 Å². The normalized spacial score (nSPS) is 24.9. The van der Waals surface area contributed by atoms with Crippen LogP contribution in [-0.4, -0.2) is 23.4 Å². The maximum Gasteiger partial charge on any atom is 0.219 e. The van der Waals surface area contributed by atoms with Crippen molar-refractivity contribution in [1.29, 1.82) is 5.26 Å². The first-order chi connectivity index (χ1) is 6.66. The van der Waals surface area contributed by atoms with Gasteiger partial charge in [-0.3, -0.25) is 4.79 Å². The second-order valence-corrected chi connectivity index (χ2v) is 3.41. The number of carbonyl (C=O) groups is 1. The van der Waals surface area contributed by atoms with Crippen molar-refractivity contribution in [2.45, 2.75) is 46.6 Å². The van der Waals surface area contributed by atoms with Gasteiger partial charge in [-0.2, -0.15) is 5.26 Å². The number of likely N-dealkylation sites (tertiary alicyclic amines) is 1. The highest BCUT2D eigenvalue weighted by Gasteiger charge is 2.32. The summed E-state index contributed by atoms with van der Waals surface area (Å²) in [6, 6.07) is 2.29. The Bertz CT molecular complexity index is 220. The van der Waals surface area contributed by atoms with Gasteiger partial charge in [-0.1, -0.05) is 20.8 Å². The third-order valence-corrected chi connectivity index (χ3v) is 2.59. The van der Waals surface area contributed by atoms with E-state index in [1.807, 2.05) is 18.7 Å². The van der Waals surface area contributed by atoms with Crippen molar-refractivity contribution in [3.05, 3.63) is 0 Å². The summed E-state index contributed by atoms with van der Waals surface area (Å²) in [5, 5.41) is 8.56. The van der Waals surface area contributed by atoms with Crippen LogP contribution in [0.15, 0.2) is 0 Å². The van der Waals surface area contributed by atoms with E-state index in [-0.39, 0.29) is 11.9 Å². The lowest BCUT2D eigenvalue weighted by Gasteiger charge is -2.23. The molecule has 1 aliphatic heterocycles. The Morgan fingerprint density at radius 3 is 2.57 bits per heavy atom. The van der Waals surface area contributed by atoms with Gasteiger partial charge in [0, 0.05) is 19.5 Å². The van der Waals surface area contributed by atoms with Crippen LogP contribution in [0.25, 0.3) is 0 Å². The molecule has 0 aromatic carbocycles. The van der Waals surface area contributed by atoms with E-state index in [4.69, 9.17) is 5.26 Å². The van der Waals surface area contributed by atoms with Crippen LogP contribution in [0.4, 0.5) is 0 Å². The van der Waals surface area contributed by atoms with Gasteiger partial charge in [0.2, 0.25) is 5.91 Å². The van der Waals surface area contributed by atoms with Gasteiger partial charge in [-0.15, -0.1) is 0 Å². The van der Waals surface area contributed by atoms with Gasteiger partial charge in [0.1, 0.15) is 0 Å². The Labute approximate surface area is 86.7 Å². The Morgan fingerprint density at radius 2 is 2.14 bits per heavy atom. The van der Waals surface area contributed by atoms with Crippen LogP contribution < -0.4 is 0 Å². The predicted octanol–water partition coefficient (Wildman–Crippen LogP) is 2.18. The first-order valence-corrected chi connectivity index (χ1v) is 5.31. The number of hydrogen-bond donors (Lipinski definition) is 0. The molecule has 80 valence electrons. The SMILES string of the molecule is CC.CC(=O)N1CCC(C)C1CC#N. The van der Waals surface area contributed by atoms with Crippen molar-refractivity contribution in [2.24, 2.45) is 5.92 Å². The van der Waals surface area contributed by atoms with E-state index in [1.165, 1.54) is 0 Å². The monoisotopic (exact) mass is 196 g/mol. The van der Waals surface area contributed by atoms with Crippen molar-refractivity contribution in [1.82, 2.24) is 4.90 Å². The molecule has 0 aromatic rings. The minimum Gasteiger partial charge on any atom is -0.339 e. The van der Waals surface area contributed by atoms with Crippen molar-refractivity contribution in [3.63, 3.8) is 0 Å². The van der Waals surface area contributed by atoms with E-state index in [2.05, 4.69) is 13.0 Å². The van der Waals surface area contributed by atoms with Crippen LogP contribution in [0.3, 0.4) is 0 Å². The lowest BCUT2D eigenvalue weighted by molar-refractivity contribution is -0.129. The van der Waals surface area contributed by atoms with Gasteiger partial charge in [-0.25, -0.2) is 0 Å². The summed E-state index contributed by atoms with van der Waals surface area (Å²) in [4.78, 5) is 12.9. The summed E-state index contributed by atoms with van der Waals surface area (Å²) in [5.74, 6) is 0.577. The molecule has 1 amide bonds. The van der Waals surface area contributed by atoms with Gasteiger partial charge >= 0.3 is 0 Å². The molecular weight excluding hydrogens is 176 g/mol. The van der Waals surface area contributed by atoms with E-state index in [0.29, 0.717) is 12.3 Å². The lowest BCUT2D eigenvalue weighted by Crippen LogP contribution is -2.35. The van der Waals surface area contributed by atoms with Crippen LogP contribution in [0.2, 0.25) is 0 Å². The number of rotatable bonds is 1. The standard InChI is InChI=1S/C9H14N2O.C2H6/c1-7-4-6-11(8(2)12)9(7)3-5-10;1-2/h7,9H,3-4,6H2,1-2H3;1-2H3. The average molecular weight is 196 g/mol. The van der Waals surface area contributed by atoms with Crippen molar-refractivity contribution in [3.8, 4) is 6.07 Å². The first-order valence-electron chi connectivity index (χ1n) is 5.31. The molecule has 3 heteroatoms. The molecule has 0 saturated carbocycles. The zero-order chi connectivity index (χ0) is 11.1. The summed E-state index contributed by atoms with van der Waals surface area (Å²) in [5.41, 5.74) is 0. The largest absolute Gasteiger partial charge is 0.339 e. The molecule has 0 N–H and O–H groups in total. The third kappa shape index (κ3) is 3.02. The number of hydrogen-bond acceptors (Lipinski definition) is 2. The molecule has 2 atom stereocenters. The number of carbonyl (C=O) groups excluding carboxylic acids is 1. The quantitative estimate of drug-likeness (QED) is 0.645. The third-order valence-electron chi connectivity index (χ3n) is 2.59. The Kier molecular flexibility index (Phi) is 5.94. The molecule has 0 aromatic heterocycles. The van der Waals surface area contributed by atoms with Crippen molar-refractivity contribution >= 4 is 5.91 Å². The molecule has 0 aliphatic carbocycles. The summed E-state index contributed by atoms with van der Waals surface area (Å²) in [6.07, 6.45) is 1.51. The molecule has 1 fully saturated rings. The molecule has 14 heavy (non-hydrogen) atoms. The summed E-state index contributed by atoms with van der Waals surface area (Å²) in [6.45, 7) is 8.50. The molecule has 0 bridgehead atoms. The molecule has 0 radical (unpaired) electrons. The highest BCUT2D eigenvalue weighted by molar-refractivity contribution is 5.74. The minimum absolute atomic E-state index is 0.0969. The van der Waals surface area contributed by atoms with Gasteiger partial charge in [-0.05, 0) is 12.3 Å². The zero-order valence-corrected chi connectivity index (χ0v) is 9.58. The molecule has 3 nitrogen and oxygen atoms in total. The van der Waals surface area contributed by atoms with E-state index >= 15 is 0 Å². The molecule has 1 aliphatic rings. The average Bonchev–Trinajstić information content (AvgIpc) is 2.52. The lowest BCUT2D eigenvalue weighted by atomic mass is 10.0. The Hall–Kier alpha value is -1.04. The highest BCUT2D eigenvalue weighted by Crippen LogP contribution is 2.25. The number of nitrogens with zero attached hydrogens (tertiary/aromatic N) is 2. The fourth-order valence-corrected chi connectivity index (χ4v) is 1.80. The molecular formula is C11H20N2O. The second-order valence-electron chi connectivity index (χ2n) is 3.41. The molecule has 1 heterocycles. The van der Waals surface area contributed by atoms with E-state index in [1.54, 1.807) is 6.92 Å². The fourth-order valence-electron chi connectivity index (χ4n) is 1.80. The van der Waals surface area contributed by atoms with Gasteiger partial charge in [0.15, 0.2) is 0 Å². The maximum atomic E-state index is 11.1. The van der Waals surface area contributed by atoms with Crippen molar-refractivity contribution < 1.29 is 4.79 Å². The Morgan fingerprint density at radius 1 is 1.57 bits per heavy atom. The molecule has 0 spiro atoms. The van der Waals surface area contributed by atoms with Crippen LogP contribution in [-0.2, 0) is 4.79 Å². The highest BCUT2D eigenvalue weighted by atomic mass is 16.2. The van der Waals surface area contributed by atoms with Gasteiger partial charge in [0.25, 0.3) is 0 Å². The van der Waals surface area contributed by atoms with Crippen LogP contribution >= 0.6 is 0 Å². The van der Waals surface area contributed by atoms with Crippen LogP contribution in [0.1, 0.15) is 40.5 Å². The Balaban J connectivity index is 0.000000791. The summed E-state index contributed by atoms with van der Waals surface area (Å²) in [7, 11) is 0. The van der Waals surface area contributed by atoms with Crippen LogP contribution in [0, 0.1) is 17.2 Å². The zero-order valence-electron chi connectivity index (χ0n) is 9.58. The number of nitriles is 1. The fraction of sp³-hybridized carbons (Fsp3) is 0.818. The second kappa shape index (κ2) is 6.42. The van der Waals surface area contributed by atoms with E-state index in [0.717, 1.165) is 13.0 Å². The maximum absolute atomic E-state index is 11.1. The van der Waals surface area contributed by atoms with Gasteiger partial charge in [0.05, 0.1) is 12.5 Å². The number of amides is 1. The summed E-state index contributed by atoms with van der Waals surface area (Å²) >= 11 is 0. The van der Waals surface area contributed by atoms with E-state index < -0.39 is 0 Å². The topological polar surface area (TPSA) is 44.1 Å². The molecule has 2 unspecified atom stereocenters. The predicted molar refractivity (Wildman–Crippen MR) is 56.5 cm³/mol. The first kappa shape index (κ1) is 13.0. The van der Waals surface area contributed by atoms with Crippen molar-refractivity contribution in [2.75, 3.05) is 6.54 Å². The van der Waals surface area contributed by atoms with Gasteiger partial charge < -0.3 is 4.90 Å².